The van der Waals surface area contributed by atoms with Crippen LogP contribution in [0.15, 0.2) is 91.0 Å². The average Bonchev–Trinajstić information content (AvgIpc) is 3.70. The summed E-state index contributed by atoms with van der Waals surface area (Å²) in [6, 6.07) is 32.1. The van der Waals surface area contributed by atoms with Gasteiger partial charge in [-0.1, -0.05) is 119 Å². The zero-order chi connectivity index (χ0) is 27.9. The summed E-state index contributed by atoms with van der Waals surface area (Å²) < 4.78 is 7.10. The van der Waals surface area contributed by atoms with Gasteiger partial charge in [0.15, 0.2) is 0 Å². The summed E-state index contributed by atoms with van der Waals surface area (Å²) in [6.45, 7) is 9.87. The predicted octanol–water partition coefficient (Wildman–Crippen LogP) is 6.88. The third kappa shape index (κ3) is 7.40. The fourth-order valence-electron chi connectivity index (χ4n) is 6.33. The van der Waals surface area contributed by atoms with Crippen LogP contribution in [0.5, 0.6) is 0 Å². The number of carbonyl (C=O) groups is 1. The summed E-state index contributed by atoms with van der Waals surface area (Å²) in [5.74, 6) is 1.35. The van der Waals surface area contributed by atoms with E-state index in [0.29, 0.717) is 24.4 Å². The van der Waals surface area contributed by atoms with E-state index in [0.717, 1.165) is 32.1 Å². The van der Waals surface area contributed by atoms with Crippen LogP contribution >= 0.6 is 0 Å². The second kappa shape index (κ2) is 13.0. The minimum absolute atomic E-state index is 0.00568. The first kappa shape index (κ1) is 29.1. The van der Waals surface area contributed by atoms with Gasteiger partial charge < -0.3 is 14.8 Å². The van der Waals surface area contributed by atoms with E-state index >= 15 is 0 Å². The minimum atomic E-state index is -2.54. The normalized spacial score (nSPS) is 18.8. The third-order valence-electron chi connectivity index (χ3n) is 8.45. The van der Waals surface area contributed by atoms with Crippen molar-refractivity contribution in [2.75, 3.05) is 6.61 Å². The van der Waals surface area contributed by atoms with Gasteiger partial charge in [-0.05, 0) is 70.8 Å². The molecule has 0 aromatic heterocycles. The molecule has 0 bridgehead atoms. The zero-order valence-electron chi connectivity index (χ0n) is 24.0. The first-order chi connectivity index (χ1) is 18.7. The molecular formula is C34H45NO3Si. The van der Waals surface area contributed by atoms with Crippen molar-refractivity contribution in [2.24, 2.45) is 17.8 Å². The standard InChI is InChI=1S/C34H45NO3Si/c1-26(20-21-27-14-8-5-9-15-27)24-32(35-33(36)37)31-25-28(31)22-23-38-39(34(2,3)4,29-16-10-6-11-17-29)30-18-12-7-13-19-30/h5-19,26,28,31-32,35H,20-25H2,1-4H3,(H,36,37)/t26?,28?,31?,32-/m0/s1. The van der Waals surface area contributed by atoms with Crippen molar-refractivity contribution in [1.82, 2.24) is 5.32 Å². The van der Waals surface area contributed by atoms with Gasteiger partial charge in [0.2, 0.25) is 0 Å². The Morgan fingerprint density at radius 3 is 2.00 bits per heavy atom. The number of benzene rings is 3. The number of aryl methyl sites for hydroxylation is 1. The van der Waals surface area contributed by atoms with Gasteiger partial charge in [0, 0.05) is 12.6 Å². The maximum atomic E-state index is 11.6. The predicted molar refractivity (Wildman–Crippen MR) is 163 cm³/mol. The Morgan fingerprint density at radius 1 is 0.949 bits per heavy atom. The molecule has 0 radical (unpaired) electrons. The van der Waals surface area contributed by atoms with Crippen molar-refractivity contribution in [3.05, 3.63) is 96.6 Å². The van der Waals surface area contributed by atoms with Crippen LogP contribution in [0.25, 0.3) is 0 Å². The number of hydrogen-bond acceptors (Lipinski definition) is 2. The molecule has 1 aliphatic carbocycles. The molecule has 4 nitrogen and oxygen atoms in total. The van der Waals surface area contributed by atoms with Gasteiger partial charge in [-0.15, -0.1) is 0 Å². The summed E-state index contributed by atoms with van der Waals surface area (Å²) in [7, 11) is -2.54. The fourth-order valence-corrected chi connectivity index (χ4v) is 10.9. The summed E-state index contributed by atoms with van der Waals surface area (Å²) in [5, 5.41) is 15.0. The Balaban J connectivity index is 1.40. The van der Waals surface area contributed by atoms with Crippen LogP contribution in [0.2, 0.25) is 5.04 Å². The molecule has 39 heavy (non-hydrogen) atoms. The molecule has 0 saturated heterocycles. The van der Waals surface area contributed by atoms with Crippen LogP contribution in [0.4, 0.5) is 4.79 Å². The smallest absolute Gasteiger partial charge is 0.404 e. The van der Waals surface area contributed by atoms with Crippen LogP contribution in [0, 0.1) is 17.8 Å². The number of hydrogen-bond donors (Lipinski definition) is 2. The van der Waals surface area contributed by atoms with Crippen molar-refractivity contribution in [1.29, 1.82) is 0 Å². The lowest BCUT2D eigenvalue weighted by molar-refractivity contribution is 0.184. The van der Waals surface area contributed by atoms with E-state index in [-0.39, 0.29) is 11.1 Å². The molecule has 4 atom stereocenters. The molecule has 1 amide bonds. The molecule has 5 heteroatoms. The molecule has 0 heterocycles. The molecule has 1 saturated carbocycles. The summed E-state index contributed by atoms with van der Waals surface area (Å²) in [6.07, 6.45) is 4.10. The van der Waals surface area contributed by atoms with E-state index in [1.54, 1.807) is 0 Å². The van der Waals surface area contributed by atoms with Crippen molar-refractivity contribution in [2.45, 2.75) is 70.9 Å². The number of nitrogens with one attached hydrogen (secondary N) is 1. The zero-order valence-corrected chi connectivity index (χ0v) is 25.0. The molecule has 4 rings (SSSR count). The fraction of sp³-hybridized carbons (Fsp3) is 0.441. The van der Waals surface area contributed by atoms with Gasteiger partial charge in [-0.25, -0.2) is 4.79 Å². The number of amides is 1. The number of carboxylic acid groups (broad SMARTS) is 1. The van der Waals surface area contributed by atoms with Crippen molar-refractivity contribution < 1.29 is 14.3 Å². The van der Waals surface area contributed by atoms with Crippen molar-refractivity contribution in [3.8, 4) is 0 Å². The van der Waals surface area contributed by atoms with Crippen molar-refractivity contribution in [3.63, 3.8) is 0 Å². The van der Waals surface area contributed by atoms with Gasteiger partial charge in [0.05, 0.1) is 0 Å². The monoisotopic (exact) mass is 543 g/mol. The molecule has 3 unspecified atom stereocenters. The maximum absolute atomic E-state index is 11.6. The van der Waals surface area contributed by atoms with E-state index in [4.69, 9.17) is 4.43 Å². The largest absolute Gasteiger partial charge is 0.465 e. The average molecular weight is 544 g/mol. The van der Waals surface area contributed by atoms with Crippen molar-refractivity contribution >= 4 is 24.8 Å². The first-order valence-electron chi connectivity index (χ1n) is 14.5. The number of rotatable bonds is 13. The molecular weight excluding hydrogens is 498 g/mol. The Morgan fingerprint density at radius 2 is 1.49 bits per heavy atom. The van der Waals surface area contributed by atoms with Crippen LogP contribution in [0.1, 0.15) is 58.9 Å². The van der Waals surface area contributed by atoms with Gasteiger partial charge in [-0.3, -0.25) is 0 Å². The lowest BCUT2D eigenvalue weighted by atomic mass is 9.92. The minimum Gasteiger partial charge on any atom is -0.465 e. The van der Waals surface area contributed by atoms with Gasteiger partial charge >= 0.3 is 6.09 Å². The third-order valence-corrected chi connectivity index (χ3v) is 13.5. The van der Waals surface area contributed by atoms with Crippen LogP contribution in [-0.2, 0) is 10.8 Å². The van der Waals surface area contributed by atoms with Crippen LogP contribution < -0.4 is 15.7 Å². The van der Waals surface area contributed by atoms with Gasteiger partial charge in [0.25, 0.3) is 8.32 Å². The summed E-state index contributed by atoms with van der Waals surface area (Å²) >= 11 is 0. The van der Waals surface area contributed by atoms with Crippen LogP contribution in [0.3, 0.4) is 0 Å². The molecule has 0 aliphatic heterocycles. The Kier molecular flexibility index (Phi) is 9.68. The van der Waals surface area contributed by atoms with E-state index in [1.165, 1.54) is 15.9 Å². The van der Waals surface area contributed by atoms with Crippen LogP contribution in [-0.4, -0.2) is 32.2 Å². The first-order valence-corrected chi connectivity index (χ1v) is 16.4. The Labute approximate surface area is 236 Å². The lowest BCUT2D eigenvalue weighted by Gasteiger charge is -2.43. The molecule has 2 N–H and O–H groups in total. The highest BCUT2D eigenvalue weighted by atomic mass is 28.4. The Bertz CT molecular complexity index is 1120. The summed E-state index contributed by atoms with van der Waals surface area (Å²) in [5.41, 5.74) is 1.34. The van der Waals surface area contributed by atoms with Gasteiger partial charge in [0.1, 0.15) is 0 Å². The SMILES string of the molecule is CC(CCc1ccccc1)C[C@H](NC(=O)O)C1CC1CCO[Si](c1ccccc1)(c1ccccc1)C(C)(C)C. The Hall–Kier alpha value is -2.89. The lowest BCUT2D eigenvalue weighted by Crippen LogP contribution is -2.66. The quantitative estimate of drug-likeness (QED) is 0.231. The molecule has 0 spiro atoms. The van der Waals surface area contributed by atoms with E-state index < -0.39 is 14.4 Å². The topological polar surface area (TPSA) is 58.6 Å². The molecule has 1 fully saturated rings. The molecule has 208 valence electrons. The molecule has 3 aromatic carbocycles. The highest BCUT2D eigenvalue weighted by Gasteiger charge is 2.51. The second-order valence-corrected chi connectivity index (χ2v) is 16.7. The van der Waals surface area contributed by atoms with Gasteiger partial charge in [-0.2, -0.15) is 0 Å². The molecule has 3 aromatic rings. The molecule has 1 aliphatic rings. The maximum Gasteiger partial charge on any atom is 0.404 e. The second-order valence-electron chi connectivity index (χ2n) is 12.4. The van der Waals surface area contributed by atoms with E-state index in [1.807, 2.05) is 6.07 Å². The highest BCUT2D eigenvalue weighted by molar-refractivity contribution is 6.99. The van der Waals surface area contributed by atoms with E-state index in [9.17, 15) is 9.90 Å². The highest BCUT2D eigenvalue weighted by Crippen LogP contribution is 2.46. The summed E-state index contributed by atoms with van der Waals surface area (Å²) in [4.78, 5) is 11.6. The van der Waals surface area contributed by atoms with E-state index in [2.05, 4.69) is 118 Å².